The van der Waals surface area contributed by atoms with Crippen molar-refractivity contribution >= 4 is 17.8 Å². The lowest BCUT2D eigenvalue weighted by Gasteiger charge is -2.42. The average Bonchev–Trinajstić information content (AvgIpc) is 2.70. The lowest BCUT2D eigenvalue weighted by atomic mass is 9.65. The molecule has 1 fully saturated rings. The van der Waals surface area contributed by atoms with E-state index in [0.29, 0.717) is 12.1 Å². The predicted molar refractivity (Wildman–Crippen MR) is 116 cm³/mol. The molecule has 27 heavy (non-hydrogen) atoms. The molecule has 0 spiro atoms. The summed E-state index contributed by atoms with van der Waals surface area (Å²) in [6.07, 6.45) is 5.07. The molecule has 0 amide bonds. The number of hydrogen-bond acceptors (Lipinski definition) is 2. The van der Waals surface area contributed by atoms with Crippen LogP contribution in [0.25, 0.3) is 0 Å². The maximum atomic E-state index is 14.2. The van der Waals surface area contributed by atoms with Gasteiger partial charge >= 0.3 is 0 Å². The van der Waals surface area contributed by atoms with E-state index in [9.17, 15) is 4.57 Å². The molecule has 2 aromatic carbocycles. The van der Waals surface area contributed by atoms with Crippen LogP contribution < -0.4 is 10.6 Å². The molecule has 0 saturated heterocycles. The summed E-state index contributed by atoms with van der Waals surface area (Å²) < 4.78 is 19.9. The summed E-state index contributed by atoms with van der Waals surface area (Å²) in [5.74, 6) is 0.537. The van der Waals surface area contributed by atoms with Crippen LogP contribution in [-0.4, -0.2) is 19.4 Å². The molecule has 0 aliphatic heterocycles. The minimum atomic E-state index is -2.71. The molecule has 3 rings (SSSR count). The molecule has 2 aromatic rings. The highest BCUT2D eigenvalue weighted by molar-refractivity contribution is 7.78. The van der Waals surface area contributed by atoms with Crippen molar-refractivity contribution in [3.63, 3.8) is 0 Å². The highest BCUT2D eigenvalue weighted by Gasteiger charge is 2.38. The molecule has 0 radical (unpaired) electrons. The Morgan fingerprint density at radius 1 is 1.04 bits per heavy atom. The van der Waals surface area contributed by atoms with Gasteiger partial charge in [-0.05, 0) is 24.2 Å². The van der Waals surface area contributed by atoms with Gasteiger partial charge in [-0.25, -0.2) is 0 Å². The summed E-state index contributed by atoms with van der Waals surface area (Å²) in [5.41, 5.74) is 1.48. The van der Waals surface area contributed by atoms with Crippen LogP contribution in [0.4, 0.5) is 0 Å². The second-order valence-electron chi connectivity index (χ2n) is 8.24. The quantitative estimate of drug-likeness (QED) is 0.511. The van der Waals surface area contributed by atoms with Crippen LogP contribution in [0.2, 0.25) is 0 Å². The van der Waals surface area contributed by atoms with E-state index in [1.54, 1.807) is 7.11 Å². The van der Waals surface area contributed by atoms with Crippen LogP contribution in [0.5, 0.6) is 0 Å². The first-order valence-corrected chi connectivity index (χ1v) is 11.7. The standard InChI is InChI=1S/C24H31O2P/c1-19-17-21(26-4)18-20(24(19,2)3)15-16-27(25,22-11-7-5-8-12-22)23-13-9-6-10-14-23/h5-15,19,21H,16-18H2,1-4H3/b20-15+. The molecule has 1 saturated carbocycles. The van der Waals surface area contributed by atoms with E-state index in [-0.39, 0.29) is 11.5 Å². The largest absolute Gasteiger partial charge is 0.381 e. The van der Waals surface area contributed by atoms with E-state index in [1.807, 2.05) is 60.7 Å². The Bertz CT molecular complexity index is 780. The first-order chi connectivity index (χ1) is 12.9. The van der Waals surface area contributed by atoms with Crippen LogP contribution in [0, 0.1) is 11.3 Å². The van der Waals surface area contributed by atoms with Crippen molar-refractivity contribution < 1.29 is 9.30 Å². The SMILES string of the molecule is COC1C/C(=C\CP(=O)(c2ccccc2)c2ccccc2)C(C)(C)C(C)C1. The van der Waals surface area contributed by atoms with Crippen LogP contribution in [0.3, 0.4) is 0 Å². The third kappa shape index (κ3) is 4.13. The van der Waals surface area contributed by atoms with Crippen LogP contribution in [0.15, 0.2) is 72.3 Å². The molecule has 3 heteroatoms. The zero-order valence-electron chi connectivity index (χ0n) is 16.9. The Hall–Kier alpha value is -1.63. The highest BCUT2D eigenvalue weighted by Crippen LogP contribution is 2.48. The molecule has 0 heterocycles. The minimum Gasteiger partial charge on any atom is -0.381 e. The van der Waals surface area contributed by atoms with Crippen molar-refractivity contribution in [3.05, 3.63) is 72.3 Å². The summed E-state index contributed by atoms with van der Waals surface area (Å²) in [4.78, 5) is 0. The number of rotatable bonds is 5. The fourth-order valence-electron chi connectivity index (χ4n) is 4.06. The Kier molecular flexibility index (Phi) is 6.08. The monoisotopic (exact) mass is 382 g/mol. The van der Waals surface area contributed by atoms with Crippen molar-refractivity contribution in [2.45, 2.75) is 39.7 Å². The Labute approximate surface area is 164 Å². The molecule has 2 unspecified atom stereocenters. The molecule has 1 aliphatic carbocycles. The van der Waals surface area contributed by atoms with Crippen molar-refractivity contribution in [2.24, 2.45) is 11.3 Å². The predicted octanol–water partition coefficient (Wildman–Crippen LogP) is 5.40. The molecule has 0 bridgehead atoms. The summed E-state index contributed by atoms with van der Waals surface area (Å²) in [6, 6.07) is 19.9. The highest BCUT2D eigenvalue weighted by atomic mass is 31.2. The fourth-order valence-corrected chi connectivity index (χ4v) is 6.56. The van der Waals surface area contributed by atoms with E-state index in [1.165, 1.54) is 5.57 Å². The van der Waals surface area contributed by atoms with Crippen molar-refractivity contribution in [3.8, 4) is 0 Å². The average molecular weight is 382 g/mol. The molecule has 0 N–H and O–H groups in total. The maximum Gasteiger partial charge on any atom is 0.146 e. The first-order valence-electron chi connectivity index (χ1n) is 9.80. The first kappa shape index (κ1) is 20.1. The summed E-state index contributed by atoms with van der Waals surface area (Å²) in [7, 11) is -0.914. The van der Waals surface area contributed by atoms with Gasteiger partial charge in [-0.15, -0.1) is 0 Å². The van der Waals surface area contributed by atoms with Gasteiger partial charge in [0, 0.05) is 23.9 Å². The van der Waals surface area contributed by atoms with Gasteiger partial charge in [-0.3, -0.25) is 0 Å². The van der Waals surface area contributed by atoms with E-state index in [0.717, 1.165) is 23.5 Å². The smallest absolute Gasteiger partial charge is 0.146 e. The second-order valence-corrected chi connectivity index (χ2v) is 11.1. The lowest BCUT2D eigenvalue weighted by Crippen LogP contribution is -2.35. The Balaban J connectivity index is 2.00. The summed E-state index contributed by atoms with van der Waals surface area (Å²) in [5, 5.41) is 1.86. The topological polar surface area (TPSA) is 26.3 Å². The van der Waals surface area contributed by atoms with Gasteiger partial charge in [0.15, 0.2) is 0 Å². The fraction of sp³-hybridized carbons (Fsp3) is 0.417. The zero-order valence-corrected chi connectivity index (χ0v) is 17.8. The minimum absolute atomic E-state index is 0.104. The number of benzene rings is 2. The van der Waals surface area contributed by atoms with Gasteiger partial charge in [0.2, 0.25) is 0 Å². The van der Waals surface area contributed by atoms with E-state index in [4.69, 9.17) is 4.74 Å². The van der Waals surface area contributed by atoms with Crippen molar-refractivity contribution in [1.29, 1.82) is 0 Å². The van der Waals surface area contributed by atoms with Crippen molar-refractivity contribution in [1.82, 2.24) is 0 Å². The number of ether oxygens (including phenoxy) is 1. The van der Waals surface area contributed by atoms with Gasteiger partial charge in [0.25, 0.3) is 0 Å². The summed E-state index contributed by atoms with van der Waals surface area (Å²) >= 11 is 0. The summed E-state index contributed by atoms with van der Waals surface area (Å²) in [6.45, 7) is 6.92. The van der Waals surface area contributed by atoms with Crippen LogP contribution in [-0.2, 0) is 9.30 Å². The molecule has 2 atom stereocenters. The molecular weight excluding hydrogens is 351 g/mol. The zero-order chi connectivity index (χ0) is 19.5. The molecule has 144 valence electrons. The Morgan fingerprint density at radius 3 is 2.04 bits per heavy atom. The van der Waals surface area contributed by atoms with E-state index in [2.05, 4.69) is 26.8 Å². The van der Waals surface area contributed by atoms with Crippen molar-refractivity contribution in [2.75, 3.05) is 13.3 Å². The number of methoxy groups -OCH3 is 1. The molecule has 1 aliphatic rings. The normalized spacial score (nSPS) is 24.1. The lowest BCUT2D eigenvalue weighted by molar-refractivity contribution is 0.0372. The van der Waals surface area contributed by atoms with E-state index < -0.39 is 7.14 Å². The third-order valence-electron chi connectivity index (χ3n) is 6.40. The van der Waals surface area contributed by atoms with Gasteiger partial charge in [-0.1, -0.05) is 93.1 Å². The molecular formula is C24H31O2P. The molecule has 2 nitrogen and oxygen atoms in total. The van der Waals surface area contributed by atoms with Crippen LogP contribution in [0.1, 0.15) is 33.6 Å². The number of allylic oxidation sites excluding steroid dienone is 1. The van der Waals surface area contributed by atoms with Crippen LogP contribution >= 0.6 is 7.14 Å². The maximum absolute atomic E-state index is 14.2. The third-order valence-corrected chi connectivity index (χ3v) is 9.36. The van der Waals surface area contributed by atoms with Gasteiger partial charge < -0.3 is 9.30 Å². The van der Waals surface area contributed by atoms with Gasteiger partial charge in [0.05, 0.1) is 6.10 Å². The molecule has 0 aromatic heterocycles. The Morgan fingerprint density at radius 2 is 1.56 bits per heavy atom. The van der Waals surface area contributed by atoms with Gasteiger partial charge in [0.1, 0.15) is 7.14 Å². The van der Waals surface area contributed by atoms with Gasteiger partial charge in [-0.2, -0.15) is 0 Å². The number of hydrogen-bond donors (Lipinski definition) is 0. The second kappa shape index (κ2) is 8.17. The van der Waals surface area contributed by atoms with E-state index >= 15 is 0 Å².